The molecule has 0 spiro atoms. The summed E-state index contributed by atoms with van der Waals surface area (Å²) < 4.78 is 8.18. The Labute approximate surface area is 155 Å². The first kappa shape index (κ1) is 18.4. The van der Waals surface area contributed by atoms with Crippen LogP contribution in [0.5, 0.6) is 0 Å². The summed E-state index contributed by atoms with van der Waals surface area (Å²) in [6.45, 7) is 8.32. The summed E-state index contributed by atoms with van der Waals surface area (Å²) in [5.41, 5.74) is 11.4. The van der Waals surface area contributed by atoms with Crippen molar-refractivity contribution in [1.82, 2.24) is 14.5 Å². The van der Waals surface area contributed by atoms with Crippen LogP contribution in [0.15, 0.2) is 30.3 Å². The largest absolute Gasteiger partial charge is 0.382 e. The van der Waals surface area contributed by atoms with Crippen molar-refractivity contribution in [3.8, 4) is 0 Å². The van der Waals surface area contributed by atoms with E-state index in [9.17, 15) is 0 Å². The fourth-order valence-corrected chi connectivity index (χ4v) is 3.23. The van der Waals surface area contributed by atoms with E-state index < -0.39 is 0 Å². The van der Waals surface area contributed by atoms with Gasteiger partial charge in [-0.3, -0.25) is 0 Å². The van der Waals surface area contributed by atoms with Gasteiger partial charge in [-0.1, -0.05) is 43.7 Å². The number of unbranched alkanes of at least 4 members (excludes halogenated alkanes) is 1. The van der Waals surface area contributed by atoms with Crippen LogP contribution in [0, 0.1) is 13.8 Å². The highest BCUT2D eigenvalue weighted by Crippen LogP contribution is 2.26. The van der Waals surface area contributed by atoms with Gasteiger partial charge in [0.25, 0.3) is 0 Å². The number of nitrogen functional groups attached to an aromatic ring is 1. The average Bonchev–Trinajstić information content (AvgIpc) is 3.01. The van der Waals surface area contributed by atoms with Crippen molar-refractivity contribution in [2.75, 3.05) is 12.3 Å². The van der Waals surface area contributed by atoms with Gasteiger partial charge in [0.15, 0.2) is 5.82 Å². The Balaban J connectivity index is 1.82. The highest BCUT2D eigenvalue weighted by molar-refractivity contribution is 5.88. The van der Waals surface area contributed by atoms with Crippen molar-refractivity contribution in [3.63, 3.8) is 0 Å². The third-order valence-corrected chi connectivity index (χ3v) is 4.80. The number of nitrogens with zero attached hydrogens (tertiary/aromatic N) is 3. The summed E-state index contributed by atoms with van der Waals surface area (Å²) in [7, 11) is 0. The van der Waals surface area contributed by atoms with Crippen LogP contribution >= 0.6 is 0 Å². The van der Waals surface area contributed by atoms with Gasteiger partial charge in [0.2, 0.25) is 0 Å². The third kappa shape index (κ3) is 3.88. The second-order valence-electron chi connectivity index (χ2n) is 6.73. The van der Waals surface area contributed by atoms with Crippen LogP contribution in [-0.4, -0.2) is 21.1 Å². The van der Waals surface area contributed by atoms with Crippen molar-refractivity contribution in [2.24, 2.45) is 0 Å². The number of ether oxygens (including phenoxy) is 1. The smallest absolute Gasteiger partial charge is 0.151 e. The standard InChI is InChI=1S/C21H28N4O/c1-4-5-11-18-24-19-20(15(2)16(3)23-21(19)22)25(18)12-13-26-14-17-9-7-6-8-10-17/h6-10H,4-5,11-14H2,1-3H3,(H2,22,23). The maximum Gasteiger partial charge on any atom is 0.151 e. The van der Waals surface area contributed by atoms with Crippen molar-refractivity contribution >= 4 is 16.9 Å². The van der Waals surface area contributed by atoms with Gasteiger partial charge in [-0.25, -0.2) is 9.97 Å². The predicted molar refractivity (Wildman–Crippen MR) is 106 cm³/mol. The highest BCUT2D eigenvalue weighted by atomic mass is 16.5. The minimum Gasteiger partial charge on any atom is -0.382 e. The van der Waals surface area contributed by atoms with Crippen LogP contribution in [0.4, 0.5) is 5.82 Å². The molecule has 2 N–H and O–H groups in total. The summed E-state index contributed by atoms with van der Waals surface area (Å²) in [5, 5.41) is 0. The van der Waals surface area contributed by atoms with E-state index in [0.29, 0.717) is 19.0 Å². The van der Waals surface area contributed by atoms with Gasteiger partial charge in [0.1, 0.15) is 11.3 Å². The lowest BCUT2D eigenvalue weighted by molar-refractivity contribution is 0.113. The predicted octanol–water partition coefficient (Wildman–Crippen LogP) is 4.19. The summed E-state index contributed by atoms with van der Waals surface area (Å²) in [5.74, 6) is 1.59. The summed E-state index contributed by atoms with van der Waals surface area (Å²) >= 11 is 0. The highest BCUT2D eigenvalue weighted by Gasteiger charge is 2.17. The molecule has 0 unspecified atom stereocenters. The van der Waals surface area contributed by atoms with Gasteiger partial charge in [-0.05, 0) is 31.4 Å². The van der Waals surface area contributed by atoms with Crippen LogP contribution in [0.3, 0.4) is 0 Å². The van der Waals surface area contributed by atoms with E-state index in [1.54, 1.807) is 0 Å². The summed E-state index contributed by atoms with van der Waals surface area (Å²) in [6.07, 6.45) is 3.20. The van der Waals surface area contributed by atoms with E-state index in [1.807, 2.05) is 25.1 Å². The lowest BCUT2D eigenvalue weighted by Gasteiger charge is -2.12. The zero-order chi connectivity index (χ0) is 18.5. The van der Waals surface area contributed by atoms with E-state index in [4.69, 9.17) is 15.5 Å². The molecule has 0 amide bonds. The fraction of sp³-hybridized carbons (Fsp3) is 0.429. The normalized spacial score (nSPS) is 11.3. The molecule has 1 aromatic carbocycles. The Morgan fingerprint density at radius 3 is 2.62 bits per heavy atom. The van der Waals surface area contributed by atoms with Gasteiger partial charge in [-0.2, -0.15) is 0 Å². The second kappa shape index (κ2) is 8.32. The number of fused-ring (bicyclic) bond motifs is 1. The number of hydrogen-bond donors (Lipinski definition) is 1. The molecule has 0 aliphatic rings. The van der Waals surface area contributed by atoms with E-state index in [-0.39, 0.29) is 0 Å². The molecule has 5 heteroatoms. The van der Waals surface area contributed by atoms with Gasteiger partial charge in [0, 0.05) is 18.7 Å². The molecular formula is C21H28N4O. The van der Waals surface area contributed by atoms with Crippen molar-refractivity contribution < 1.29 is 4.74 Å². The zero-order valence-corrected chi connectivity index (χ0v) is 16.0. The van der Waals surface area contributed by atoms with E-state index in [1.165, 1.54) is 5.56 Å². The molecule has 3 aromatic rings. The second-order valence-corrected chi connectivity index (χ2v) is 6.73. The Bertz CT molecular complexity index is 871. The maximum atomic E-state index is 6.15. The fourth-order valence-electron chi connectivity index (χ4n) is 3.23. The molecule has 26 heavy (non-hydrogen) atoms. The number of aryl methyl sites for hydroxylation is 3. The molecule has 0 radical (unpaired) electrons. The molecule has 0 aliphatic heterocycles. The topological polar surface area (TPSA) is 66.0 Å². The number of pyridine rings is 1. The van der Waals surface area contributed by atoms with E-state index in [0.717, 1.165) is 53.9 Å². The average molecular weight is 352 g/mol. The van der Waals surface area contributed by atoms with Gasteiger partial charge >= 0.3 is 0 Å². The van der Waals surface area contributed by atoms with Gasteiger partial charge < -0.3 is 15.0 Å². The molecule has 138 valence electrons. The molecule has 0 aliphatic carbocycles. The van der Waals surface area contributed by atoms with Crippen LogP contribution in [-0.2, 0) is 24.3 Å². The number of aromatic nitrogens is 3. The quantitative estimate of drug-likeness (QED) is 0.617. The SMILES string of the molecule is CCCCc1nc2c(N)nc(C)c(C)c2n1CCOCc1ccccc1. The number of hydrogen-bond acceptors (Lipinski definition) is 4. The number of benzene rings is 1. The Kier molecular flexibility index (Phi) is 5.89. The molecule has 5 nitrogen and oxygen atoms in total. The molecule has 0 atom stereocenters. The number of nitrogens with two attached hydrogens (primary N) is 1. The third-order valence-electron chi connectivity index (χ3n) is 4.80. The molecule has 2 heterocycles. The number of imidazole rings is 1. The zero-order valence-electron chi connectivity index (χ0n) is 16.0. The number of anilines is 1. The van der Waals surface area contributed by atoms with Crippen LogP contribution in [0.2, 0.25) is 0 Å². The monoisotopic (exact) mass is 352 g/mol. The maximum absolute atomic E-state index is 6.15. The summed E-state index contributed by atoms with van der Waals surface area (Å²) in [6, 6.07) is 10.3. The van der Waals surface area contributed by atoms with Crippen LogP contribution in [0.25, 0.3) is 11.0 Å². The minimum atomic E-state index is 0.518. The molecule has 3 rings (SSSR count). The first-order valence-corrected chi connectivity index (χ1v) is 9.35. The van der Waals surface area contributed by atoms with Crippen LogP contribution < -0.4 is 5.73 Å². The van der Waals surface area contributed by atoms with Gasteiger partial charge in [0.05, 0.1) is 18.7 Å². The van der Waals surface area contributed by atoms with Crippen molar-refractivity contribution in [3.05, 3.63) is 53.0 Å². The Hall–Kier alpha value is -2.40. The molecule has 0 fully saturated rings. The first-order chi connectivity index (χ1) is 12.6. The van der Waals surface area contributed by atoms with E-state index >= 15 is 0 Å². The molecule has 2 aromatic heterocycles. The van der Waals surface area contributed by atoms with Crippen LogP contribution in [0.1, 0.15) is 42.4 Å². The lowest BCUT2D eigenvalue weighted by atomic mass is 10.2. The van der Waals surface area contributed by atoms with Gasteiger partial charge in [-0.15, -0.1) is 0 Å². The Morgan fingerprint density at radius 2 is 1.88 bits per heavy atom. The molecule has 0 saturated heterocycles. The van der Waals surface area contributed by atoms with Crippen molar-refractivity contribution in [1.29, 1.82) is 0 Å². The lowest BCUT2D eigenvalue weighted by Crippen LogP contribution is -2.11. The van der Waals surface area contributed by atoms with Crippen molar-refractivity contribution in [2.45, 2.75) is 53.2 Å². The van der Waals surface area contributed by atoms with E-state index in [2.05, 4.69) is 35.5 Å². The summed E-state index contributed by atoms with van der Waals surface area (Å²) in [4.78, 5) is 9.25. The molecule has 0 bridgehead atoms. The number of rotatable bonds is 8. The molecular weight excluding hydrogens is 324 g/mol. The minimum absolute atomic E-state index is 0.518. The Morgan fingerprint density at radius 1 is 1.12 bits per heavy atom. The molecule has 0 saturated carbocycles. The first-order valence-electron chi connectivity index (χ1n) is 9.35.